The molecule has 0 saturated heterocycles. The van der Waals surface area contributed by atoms with Gasteiger partial charge in [0, 0.05) is 35.9 Å². The van der Waals surface area contributed by atoms with Gasteiger partial charge in [0.15, 0.2) is 0 Å². The van der Waals surface area contributed by atoms with Crippen LogP contribution in [0.3, 0.4) is 0 Å². The Morgan fingerprint density at radius 2 is 2.35 bits per heavy atom. The number of hydrogen-bond donors (Lipinski definition) is 0. The molecule has 0 N–H and O–H groups in total. The first kappa shape index (κ1) is 13.1. The monoisotopic (exact) mass is 318 g/mol. The predicted octanol–water partition coefficient (Wildman–Crippen LogP) is 3.20. The average molecular weight is 320 g/mol. The van der Waals surface area contributed by atoms with E-state index in [4.69, 9.17) is 16.3 Å². The zero-order valence-corrected chi connectivity index (χ0v) is 12.2. The van der Waals surface area contributed by atoms with E-state index in [0.717, 1.165) is 29.0 Å². The van der Waals surface area contributed by atoms with Crippen molar-refractivity contribution < 1.29 is 4.74 Å². The van der Waals surface area contributed by atoms with Crippen LogP contribution in [0.25, 0.3) is 0 Å². The molecule has 5 heteroatoms. The van der Waals surface area contributed by atoms with Crippen LogP contribution in [0.15, 0.2) is 16.7 Å². The first-order valence-corrected chi connectivity index (χ1v) is 7.05. The zero-order valence-electron chi connectivity index (χ0n) is 9.83. The number of anilines is 1. The summed E-state index contributed by atoms with van der Waals surface area (Å²) in [6.45, 7) is 1.59. The summed E-state index contributed by atoms with van der Waals surface area (Å²) in [6.07, 6.45) is 4.31. The second-order valence-corrected chi connectivity index (χ2v) is 5.37. The highest BCUT2D eigenvalue weighted by Gasteiger charge is 2.30. The van der Waals surface area contributed by atoms with Gasteiger partial charge in [-0.25, -0.2) is 4.98 Å². The van der Waals surface area contributed by atoms with Gasteiger partial charge in [-0.3, -0.25) is 0 Å². The molecule has 3 nitrogen and oxygen atoms in total. The van der Waals surface area contributed by atoms with Crippen LogP contribution in [0.1, 0.15) is 18.4 Å². The van der Waals surface area contributed by atoms with E-state index in [1.807, 2.05) is 12.3 Å². The molecule has 2 rings (SSSR count). The van der Waals surface area contributed by atoms with E-state index in [2.05, 4.69) is 25.8 Å². The number of rotatable bonds is 6. The molecule has 1 saturated carbocycles. The molecular formula is C12H16BrClN2O. The third-order valence-corrected chi connectivity index (χ3v) is 3.57. The molecule has 0 radical (unpaired) electrons. The fraction of sp³-hybridized carbons (Fsp3) is 0.583. The highest BCUT2D eigenvalue weighted by molar-refractivity contribution is 9.10. The summed E-state index contributed by atoms with van der Waals surface area (Å²) in [7, 11) is 1.72. The van der Waals surface area contributed by atoms with E-state index >= 15 is 0 Å². The second-order valence-electron chi connectivity index (χ2n) is 4.19. The lowest BCUT2D eigenvalue weighted by Gasteiger charge is -2.25. The standard InChI is InChI=1S/C12H16BrClN2O/c1-17-5-4-16(11-2-3-11)12-9(7-14)6-10(13)8-15-12/h6,8,11H,2-5,7H2,1H3. The zero-order chi connectivity index (χ0) is 12.3. The number of hydrogen-bond acceptors (Lipinski definition) is 3. The summed E-state index contributed by atoms with van der Waals surface area (Å²) < 4.78 is 6.13. The molecule has 0 bridgehead atoms. The smallest absolute Gasteiger partial charge is 0.133 e. The Labute approximate surface area is 115 Å². The van der Waals surface area contributed by atoms with Gasteiger partial charge in [-0.1, -0.05) is 0 Å². The number of halogens is 2. The van der Waals surface area contributed by atoms with Gasteiger partial charge in [0.05, 0.1) is 12.5 Å². The van der Waals surface area contributed by atoms with E-state index in [9.17, 15) is 0 Å². The van der Waals surface area contributed by atoms with Crippen LogP contribution in [0.2, 0.25) is 0 Å². The van der Waals surface area contributed by atoms with Gasteiger partial charge in [0.2, 0.25) is 0 Å². The van der Waals surface area contributed by atoms with Crippen LogP contribution in [0.5, 0.6) is 0 Å². The Balaban J connectivity index is 2.21. The van der Waals surface area contributed by atoms with Crippen LogP contribution in [-0.2, 0) is 10.6 Å². The van der Waals surface area contributed by atoms with Gasteiger partial charge >= 0.3 is 0 Å². The molecule has 1 fully saturated rings. The third kappa shape index (κ3) is 3.33. The van der Waals surface area contributed by atoms with Crippen LogP contribution in [0, 0.1) is 0 Å². The number of nitrogens with zero attached hydrogens (tertiary/aromatic N) is 2. The first-order valence-electron chi connectivity index (χ1n) is 5.72. The summed E-state index contributed by atoms with van der Waals surface area (Å²) >= 11 is 9.42. The number of ether oxygens (including phenoxy) is 1. The highest BCUT2D eigenvalue weighted by atomic mass is 79.9. The Morgan fingerprint density at radius 3 is 2.94 bits per heavy atom. The van der Waals surface area contributed by atoms with Crippen molar-refractivity contribution in [2.45, 2.75) is 24.8 Å². The summed E-state index contributed by atoms with van der Waals surface area (Å²) in [6, 6.07) is 2.65. The molecule has 1 aromatic heterocycles. The largest absolute Gasteiger partial charge is 0.383 e. The van der Waals surface area contributed by atoms with Gasteiger partial charge in [-0.15, -0.1) is 11.6 Å². The second kappa shape index (κ2) is 6.03. The lowest BCUT2D eigenvalue weighted by molar-refractivity contribution is 0.204. The topological polar surface area (TPSA) is 25.4 Å². The van der Waals surface area contributed by atoms with E-state index in [0.29, 0.717) is 11.9 Å². The lowest BCUT2D eigenvalue weighted by Crippen LogP contribution is -2.31. The molecule has 0 atom stereocenters. The van der Waals surface area contributed by atoms with E-state index in [1.54, 1.807) is 7.11 Å². The number of pyridine rings is 1. The molecule has 1 aliphatic carbocycles. The predicted molar refractivity (Wildman–Crippen MR) is 73.7 cm³/mol. The van der Waals surface area contributed by atoms with Crippen molar-refractivity contribution in [1.29, 1.82) is 0 Å². The summed E-state index contributed by atoms with van der Waals surface area (Å²) in [5.41, 5.74) is 1.07. The minimum absolute atomic E-state index is 0.484. The van der Waals surface area contributed by atoms with Gasteiger partial charge < -0.3 is 9.64 Å². The minimum atomic E-state index is 0.484. The molecule has 0 spiro atoms. The van der Waals surface area contributed by atoms with Crippen molar-refractivity contribution in [3.63, 3.8) is 0 Å². The quantitative estimate of drug-likeness (QED) is 0.753. The van der Waals surface area contributed by atoms with Gasteiger partial charge in [0.25, 0.3) is 0 Å². The Hall–Kier alpha value is -0.320. The van der Waals surface area contributed by atoms with E-state index < -0.39 is 0 Å². The lowest BCUT2D eigenvalue weighted by atomic mass is 10.2. The summed E-state index contributed by atoms with van der Waals surface area (Å²) in [5.74, 6) is 1.49. The first-order chi connectivity index (χ1) is 8.26. The molecule has 0 aliphatic heterocycles. The molecule has 1 aliphatic rings. The van der Waals surface area contributed by atoms with E-state index in [-0.39, 0.29) is 0 Å². The fourth-order valence-corrected chi connectivity index (χ4v) is 2.44. The third-order valence-electron chi connectivity index (χ3n) is 2.85. The van der Waals surface area contributed by atoms with E-state index in [1.165, 1.54) is 12.8 Å². The molecule has 0 aromatic carbocycles. The van der Waals surface area contributed by atoms with Crippen molar-refractivity contribution in [3.05, 3.63) is 22.3 Å². The van der Waals surface area contributed by atoms with Crippen LogP contribution in [0.4, 0.5) is 5.82 Å². The Bertz CT molecular complexity index is 385. The Kier molecular flexibility index (Phi) is 4.65. The molecule has 17 heavy (non-hydrogen) atoms. The average Bonchev–Trinajstić information content (AvgIpc) is 3.15. The van der Waals surface area contributed by atoms with Gasteiger partial charge in [0.1, 0.15) is 5.82 Å². The normalized spacial score (nSPS) is 15.0. The molecule has 0 unspecified atom stereocenters. The molecule has 1 aromatic rings. The summed E-state index contributed by atoms with van der Waals surface area (Å²) in [4.78, 5) is 6.82. The van der Waals surface area contributed by atoms with Crippen molar-refractivity contribution in [1.82, 2.24) is 4.98 Å². The highest BCUT2D eigenvalue weighted by Crippen LogP contribution is 2.33. The Morgan fingerprint density at radius 1 is 1.59 bits per heavy atom. The number of alkyl halides is 1. The minimum Gasteiger partial charge on any atom is -0.383 e. The maximum absolute atomic E-state index is 5.99. The molecular weight excluding hydrogens is 304 g/mol. The van der Waals surface area contributed by atoms with Crippen molar-refractivity contribution in [2.75, 3.05) is 25.2 Å². The number of methoxy groups -OCH3 is 1. The number of aromatic nitrogens is 1. The van der Waals surface area contributed by atoms with Crippen LogP contribution in [-0.4, -0.2) is 31.3 Å². The molecule has 1 heterocycles. The fourth-order valence-electron chi connectivity index (χ4n) is 1.87. The van der Waals surface area contributed by atoms with Crippen LogP contribution >= 0.6 is 27.5 Å². The molecule has 0 amide bonds. The van der Waals surface area contributed by atoms with Gasteiger partial charge in [-0.2, -0.15) is 0 Å². The SMILES string of the molecule is COCCN(c1ncc(Br)cc1CCl)C1CC1. The molecule has 94 valence electrons. The maximum Gasteiger partial charge on any atom is 0.133 e. The van der Waals surface area contributed by atoms with Crippen molar-refractivity contribution in [3.8, 4) is 0 Å². The summed E-state index contributed by atoms with van der Waals surface area (Å²) in [5, 5.41) is 0. The maximum atomic E-state index is 5.99. The van der Waals surface area contributed by atoms with Crippen molar-refractivity contribution >= 4 is 33.3 Å². The van der Waals surface area contributed by atoms with Crippen LogP contribution < -0.4 is 4.90 Å². The van der Waals surface area contributed by atoms with Gasteiger partial charge in [-0.05, 0) is 34.8 Å². The van der Waals surface area contributed by atoms with Crippen molar-refractivity contribution in [2.24, 2.45) is 0 Å².